The molecule has 1 N–H and O–H groups in total. The van der Waals surface area contributed by atoms with E-state index < -0.39 is 10.0 Å². The van der Waals surface area contributed by atoms with Gasteiger partial charge in [-0.3, -0.25) is 4.79 Å². The molecule has 0 bridgehead atoms. The SMILES string of the molecule is CCc1ccc(C(=O)Nc2cccc(CS(=O)(=O)N3CCOCC3)c2)o1. The van der Waals surface area contributed by atoms with Crippen LogP contribution in [0.25, 0.3) is 0 Å². The molecule has 7 nitrogen and oxygen atoms in total. The fourth-order valence-corrected chi connectivity index (χ4v) is 4.24. The first-order valence-corrected chi connectivity index (χ1v) is 10.1. The van der Waals surface area contributed by atoms with E-state index in [0.29, 0.717) is 44.0 Å². The zero-order chi connectivity index (χ0) is 18.6. The molecular weight excluding hydrogens is 356 g/mol. The van der Waals surface area contributed by atoms with Crippen LogP contribution in [0.15, 0.2) is 40.8 Å². The van der Waals surface area contributed by atoms with Crippen molar-refractivity contribution in [2.24, 2.45) is 0 Å². The standard InChI is InChI=1S/C18H22N2O5S/c1-2-16-6-7-17(25-16)18(21)19-15-5-3-4-14(12-15)13-26(22,23)20-8-10-24-11-9-20/h3-7,12H,2,8-11,13H2,1H3,(H,19,21). The first kappa shape index (κ1) is 18.6. The van der Waals surface area contributed by atoms with Gasteiger partial charge >= 0.3 is 0 Å². The van der Waals surface area contributed by atoms with Gasteiger partial charge in [-0.25, -0.2) is 8.42 Å². The number of amides is 1. The van der Waals surface area contributed by atoms with Crippen LogP contribution in [-0.2, 0) is 26.9 Å². The Kier molecular flexibility index (Phi) is 5.75. The van der Waals surface area contributed by atoms with Crippen LogP contribution in [0.4, 0.5) is 5.69 Å². The second-order valence-corrected chi connectivity index (χ2v) is 8.01. The lowest BCUT2D eigenvalue weighted by Gasteiger charge is -2.26. The molecule has 1 amide bonds. The molecule has 1 aromatic heterocycles. The van der Waals surface area contributed by atoms with Gasteiger partial charge in [-0.05, 0) is 29.8 Å². The molecule has 0 atom stereocenters. The molecule has 26 heavy (non-hydrogen) atoms. The van der Waals surface area contributed by atoms with Gasteiger partial charge in [0.2, 0.25) is 10.0 Å². The van der Waals surface area contributed by atoms with Gasteiger partial charge < -0.3 is 14.5 Å². The third kappa shape index (κ3) is 4.51. The maximum Gasteiger partial charge on any atom is 0.291 e. The van der Waals surface area contributed by atoms with E-state index in [1.165, 1.54) is 4.31 Å². The molecule has 1 saturated heterocycles. The number of hydrogen-bond acceptors (Lipinski definition) is 5. The van der Waals surface area contributed by atoms with Crippen LogP contribution in [0.3, 0.4) is 0 Å². The van der Waals surface area contributed by atoms with Crippen molar-refractivity contribution < 1.29 is 22.4 Å². The molecule has 0 saturated carbocycles. The Hall–Kier alpha value is -2.16. The molecule has 0 radical (unpaired) electrons. The summed E-state index contributed by atoms with van der Waals surface area (Å²) in [6.45, 7) is 3.52. The predicted molar refractivity (Wildman–Crippen MR) is 97.5 cm³/mol. The fourth-order valence-electron chi connectivity index (χ4n) is 2.75. The lowest BCUT2D eigenvalue weighted by Crippen LogP contribution is -2.41. The van der Waals surface area contributed by atoms with Gasteiger partial charge in [0.25, 0.3) is 5.91 Å². The van der Waals surface area contributed by atoms with E-state index >= 15 is 0 Å². The maximum absolute atomic E-state index is 12.5. The minimum absolute atomic E-state index is 0.114. The number of nitrogens with zero attached hydrogens (tertiary/aromatic N) is 1. The number of sulfonamides is 1. The average molecular weight is 378 g/mol. The minimum Gasteiger partial charge on any atom is -0.456 e. The first-order valence-electron chi connectivity index (χ1n) is 8.52. The van der Waals surface area contributed by atoms with Gasteiger partial charge in [0, 0.05) is 25.2 Å². The predicted octanol–water partition coefficient (Wildman–Crippen LogP) is 2.26. The summed E-state index contributed by atoms with van der Waals surface area (Å²) in [5, 5.41) is 2.74. The van der Waals surface area contributed by atoms with Crippen LogP contribution in [0.2, 0.25) is 0 Å². The monoisotopic (exact) mass is 378 g/mol. The van der Waals surface area contributed by atoms with E-state index in [9.17, 15) is 13.2 Å². The summed E-state index contributed by atoms with van der Waals surface area (Å²) in [6.07, 6.45) is 0.710. The number of furan rings is 1. The van der Waals surface area contributed by atoms with E-state index in [0.717, 1.165) is 5.76 Å². The largest absolute Gasteiger partial charge is 0.456 e. The summed E-state index contributed by atoms with van der Waals surface area (Å²) >= 11 is 0. The Morgan fingerprint density at radius 3 is 2.65 bits per heavy atom. The molecule has 0 spiro atoms. The molecule has 1 fully saturated rings. The summed E-state index contributed by atoms with van der Waals surface area (Å²) in [5.41, 5.74) is 1.14. The van der Waals surface area contributed by atoms with Gasteiger partial charge in [-0.1, -0.05) is 19.1 Å². The number of aryl methyl sites for hydroxylation is 1. The Morgan fingerprint density at radius 2 is 1.96 bits per heavy atom. The Morgan fingerprint density at radius 1 is 1.19 bits per heavy atom. The third-order valence-corrected chi connectivity index (χ3v) is 5.98. The average Bonchev–Trinajstić information content (AvgIpc) is 3.12. The van der Waals surface area contributed by atoms with E-state index in [-0.39, 0.29) is 17.4 Å². The number of hydrogen-bond donors (Lipinski definition) is 1. The molecule has 1 aliphatic heterocycles. The highest BCUT2D eigenvalue weighted by Gasteiger charge is 2.24. The number of benzene rings is 1. The van der Waals surface area contributed by atoms with Crippen LogP contribution in [-0.4, -0.2) is 44.9 Å². The minimum atomic E-state index is -3.41. The highest BCUT2D eigenvalue weighted by Crippen LogP contribution is 2.18. The summed E-state index contributed by atoms with van der Waals surface area (Å²) in [5.74, 6) is 0.490. The zero-order valence-corrected chi connectivity index (χ0v) is 15.4. The number of carbonyl (C=O) groups is 1. The van der Waals surface area contributed by atoms with Gasteiger partial charge in [0.05, 0.1) is 19.0 Å². The third-order valence-electron chi connectivity index (χ3n) is 4.13. The summed E-state index contributed by atoms with van der Waals surface area (Å²) in [4.78, 5) is 12.2. The molecule has 1 aliphatic rings. The van der Waals surface area contributed by atoms with Crippen molar-refractivity contribution in [2.45, 2.75) is 19.1 Å². The van der Waals surface area contributed by atoms with Crippen LogP contribution in [0.1, 0.15) is 28.8 Å². The Balaban J connectivity index is 1.68. The van der Waals surface area contributed by atoms with Crippen molar-refractivity contribution in [3.8, 4) is 0 Å². The Bertz CT molecular complexity index is 869. The summed E-state index contributed by atoms with van der Waals surface area (Å²) in [7, 11) is -3.41. The molecule has 0 unspecified atom stereocenters. The van der Waals surface area contributed by atoms with Gasteiger partial charge in [0.1, 0.15) is 5.76 Å². The smallest absolute Gasteiger partial charge is 0.291 e. The van der Waals surface area contributed by atoms with Crippen molar-refractivity contribution in [3.05, 3.63) is 53.5 Å². The Labute approximate surface area is 153 Å². The molecule has 1 aromatic carbocycles. The summed E-state index contributed by atoms with van der Waals surface area (Å²) in [6, 6.07) is 10.2. The quantitative estimate of drug-likeness (QED) is 0.833. The highest BCUT2D eigenvalue weighted by atomic mass is 32.2. The topological polar surface area (TPSA) is 88.9 Å². The maximum atomic E-state index is 12.5. The molecular formula is C18H22N2O5S. The van der Waals surface area contributed by atoms with E-state index in [1.807, 2.05) is 6.92 Å². The number of carbonyl (C=O) groups excluding carboxylic acids is 1. The number of nitrogens with one attached hydrogen (secondary N) is 1. The molecule has 0 aliphatic carbocycles. The van der Waals surface area contributed by atoms with E-state index in [2.05, 4.69) is 5.32 Å². The van der Waals surface area contributed by atoms with Crippen molar-refractivity contribution in [3.63, 3.8) is 0 Å². The highest BCUT2D eigenvalue weighted by molar-refractivity contribution is 7.88. The second kappa shape index (κ2) is 8.03. The zero-order valence-electron chi connectivity index (χ0n) is 14.6. The number of morpholine rings is 1. The van der Waals surface area contributed by atoms with Crippen molar-refractivity contribution in [1.29, 1.82) is 0 Å². The molecule has 2 heterocycles. The number of ether oxygens (including phenoxy) is 1. The van der Waals surface area contributed by atoms with Crippen LogP contribution < -0.4 is 5.32 Å². The lowest BCUT2D eigenvalue weighted by atomic mass is 10.2. The van der Waals surface area contributed by atoms with Gasteiger partial charge in [-0.2, -0.15) is 4.31 Å². The first-order chi connectivity index (χ1) is 12.5. The normalized spacial score (nSPS) is 15.7. The fraction of sp³-hybridized carbons (Fsp3) is 0.389. The lowest BCUT2D eigenvalue weighted by molar-refractivity contribution is 0.0729. The number of anilines is 1. The van der Waals surface area contributed by atoms with Crippen molar-refractivity contribution in [2.75, 3.05) is 31.6 Å². The van der Waals surface area contributed by atoms with Gasteiger partial charge in [0.15, 0.2) is 5.76 Å². The van der Waals surface area contributed by atoms with Gasteiger partial charge in [-0.15, -0.1) is 0 Å². The molecule has 2 aromatic rings. The molecule has 3 rings (SSSR count). The molecule has 140 valence electrons. The van der Waals surface area contributed by atoms with E-state index in [4.69, 9.17) is 9.15 Å². The summed E-state index contributed by atoms with van der Waals surface area (Å²) < 4.78 is 37.1. The van der Waals surface area contributed by atoms with E-state index in [1.54, 1.807) is 36.4 Å². The van der Waals surface area contributed by atoms with Crippen LogP contribution in [0.5, 0.6) is 0 Å². The van der Waals surface area contributed by atoms with Crippen molar-refractivity contribution >= 4 is 21.6 Å². The van der Waals surface area contributed by atoms with Crippen LogP contribution in [0, 0.1) is 0 Å². The second-order valence-electron chi connectivity index (χ2n) is 6.04. The molecule has 8 heteroatoms. The van der Waals surface area contributed by atoms with Crippen molar-refractivity contribution in [1.82, 2.24) is 4.31 Å². The number of rotatable bonds is 6. The van der Waals surface area contributed by atoms with Crippen LogP contribution >= 0.6 is 0 Å².